The van der Waals surface area contributed by atoms with Crippen molar-refractivity contribution in [1.29, 1.82) is 0 Å². The van der Waals surface area contributed by atoms with Crippen LogP contribution in [0, 0.1) is 13.8 Å². The first kappa shape index (κ1) is 27.5. The third kappa shape index (κ3) is 6.13. The number of benzene rings is 2. The van der Waals surface area contributed by atoms with Gasteiger partial charge in [-0.25, -0.2) is 9.78 Å². The van der Waals surface area contributed by atoms with Gasteiger partial charge in [0.25, 0.3) is 0 Å². The number of aliphatic carboxylic acids is 1. The Hall–Kier alpha value is -3.52. The zero-order chi connectivity index (χ0) is 27.2. The predicted octanol–water partition coefficient (Wildman–Crippen LogP) is 7.23. The van der Waals surface area contributed by atoms with E-state index >= 15 is 0 Å². The zero-order valence-electron chi connectivity index (χ0n) is 22.7. The van der Waals surface area contributed by atoms with E-state index in [9.17, 15) is 9.90 Å². The third-order valence-corrected chi connectivity index (χ3v) is 7.46. The summed E-state index contributed by atoms with van der Waals surface area (Å²) in [6, 6.07) is 11.5. The first-order valence-electron chi connectivity index (χ1n) is 13.2. The molecule has 0 spiro atoms. The van der Waals surface area contributed by atoms with Gasteiger partial charge in [-0.15, -0.1) is 11.3 Å². The molecule has 0 saturated heterocycles. The number of thiazole rings is 1. The summed E-state index contributed by atoms with van der Waals surface area (Å²) in [4.78, 5) is 17.2. The number of carboxylic acid groups (broad SMARTS) is 1. The van der Waals surface area contributed by atoms with E-state index in [2.05, 4.69) is 24.0 Å². The molecule has 0 aliphatic rings. The van der Waals surface area contributed by atoms with Crippen LogP contribution >= 0.6 is 11.3 Å². The Labute approximate surface area is 228 Å². The molecule has 38 heavy (non-hydrogen) atoms. The fraction of sp³-hybridized carbons (Fsp3) is 0.400. The van der Waals surface area contributed by atoms with Crippen LogP contribution in [-0.2, 0) is 11.2 Å². The molecule has 8 heteroatoms. The Balaban J connectivity index is 1.35. The van der Waals surface area contributed by atoms with Crippen LogP contribution in [-0.4, -0.2) is 40.4 Å². The molecule has 0 unspecified atom stereocenters. The molecule has 1 N–H and O–H groups in total. The number of aromatic nitrogens is 2. The average molecular weight is 537 g/mol. The topological polar surface area (TPSA) is 82.8 Å². The van der Waals surface area contributed by atoms with Gasteiger partial charge in [-0.3, -0.25) is 0 Å². The van der Waals surface area contributed by atoms with Crippen molar-refractivity contribution in [2.45, 2.75) is 59.9 Å². The molecule has 0 aliphatic heterocycles. The third-order valence-electron chi connectivity index (χ3n) is 6.46. The first-order valence-corrected chi connectivity index (χ1v) is 14.0. The molecule has 4 aromatic rings. The molecular weight excluding hydrogens is 500 g/mol. The van der Waals surface area contributed by atoms with Gasteiger partial charge in [-0.2, -0.15) is 0 Å². The van der Waals surface area contributed by atoms with Gasteiger partial charge in [0.1, 0.15) is 22.5 Å². The van der Waals surface area contributed by atoms with Crippen LogP contribution in [0.4, 0.5) is 0 Å². The molecule has 0 saturated carbocycles. The van der Waals surface area contributed by atoms with Gasteiger partial charge >= 0.3 is 5.97 Å². The van der Waals surface area contributed by atoms with Crippen molar-refractivity contribution in [3.63, 3.8) is 0 Å². The van der Waals surface area contributed by atoms with Crippen molar-refractivity contribution in [2.24, 2.45) is 0 Å². The molecule has 7 nitrogen and oxygen atoms in total. The highest BCUT2D eigenvalue weighted by molar-refractivity contribution is 7.15. The number of aryl methyl sites for hydroxylation is 3. The van der Waals surface area contributed by atoms with Crippen LogP contribution in [0.25, 0.3) is 21.5 Å². The second kappa shape index (κ2) is 12.3. The molecule has 0 fully saturated rings. The second-order valence-electron chi connectivity index (χ2n) is 9.35. The molecule has 202 valence electrons. The standard InChI is InChI=1S/C30H36N2O5S/c1-6-9-22-16-23(29-31-28(35-7-2)21(5)38-29)10-13-27(22)37-15-8-14-36-24-11-12-26-25(17-24)19(3)18-32(26)20(4)30(33)34/h10-13,16-18,20H,6-9,14-15H2,1-5H3,(H,33,34)/t20-/m1/s1. The van der Waals surface area contributed by atoms with Crippen LogP contribution in [0.15, 0.2) is 42.6 Å². The highest BCUT2D eigenvalue weighted by atomic mass is 32.1. The largest absolute Gasteiger partial charge is 0.493 e. The lowest BCUT2D eigenvalue weighted by Crippen LogP contribution is -2.14. The number of fused-ring (bicyclic) bond motifs is 1. The lowest BCUT2D eigenvalue weighted by molar-refractivity contribution is -0.140. The summed E-state index contributed by atoms with van der Waals surface area (Å²) >= 11 is 1.65. The summed E-state index contributed by atoms with van der Waals surface area (Å²) in [5, 5.41) is 11.3. The van der Waals surface area contributed by atoms with E-state index in [0.717, 1.165) is 62.7 Å². The number of carbonyl (C=O) groups is 1. The quantitative estimate of drug-likeness (QED) is 0.182. The fourth-order valence-corrected chi connectivity index (χ4v) is 5.31. The maximum absolute atomic E-state index is 11.4. The predicted molar refractivity (Wildman–Crippen MR) is 152 cm³/mol. The van der Waals surface area contributed by atoms with E-state index in [0.29, 0.717) is 25.7 Å². The van der Waals surface area contributed by atoms with Crippen LogP contribution in [0.1, 0.15) is 55.7 Å². The number of rotatable bonds is 13. The van der Waals surface area contributed by atoms with E-state index in [-0.39, 0.29) is 0 Å². The van der Waals surface area contributed by atoms with Crippen molar-refractivity contribution >= 4 is 28.2 Å². The van der Waals surface area contributed by atoms with Crippen LogP contribution in [0.5, 0.6) is 17.4 Å². The smallest absolute Gasteiger partial charge is 0.326 e. The minimum Gasteiger partial charge on any atom is -0.493 e. The Bertz CT molecular complexity index is 1410. The Kier molecular flexibility index (Phi) is 8.94. The van der Waals surface area contributed by atoms with Crippen LogP contribution in [0.2, 0.25) is 0 Å². The van der Waals surface area contributed by atoms with Gasteiger partial charge in [-0.05, 0) is 81.6 Å². The maximum Gasteiger partial charge on any atom is 0.326 e. The van der Waals surface area contributed by atoms with E-state index in [1.54, 1.807) is 22.8 Å². The number of hydrogen-bond donors (Lipinski definition) is 1. The Morgan fingerprint density at radius 3 is 2.61 bits per heavy atom. The summed E-state index contributed by atoms with van der Waals surface area (Å²) in [5.74, 6) is 1.53. The number of hydrogen-bond acceptors (Lipinski definition) is 6. The van der Waals surface area contributed by atoms with Gasteiger partial charge in [0.2, 0.25) is 5.88 Å². The van der Waals surface area contributed by atoms with Gasteiger partial charge in [0, 0.05) is 29.1 Å². The number of nitrogens with zero attached hydrogens (tertiary/aromatic N) is 2. The van der Waals surface area contributed by atoms with E-state index in [1.807, 2.05) is 51.2 Å². The van der Waals surface area contributed by atoms with Gasteiger partial charge in [-0.1, -0.05) is 13.3 Å². The molecule has 0 aliphatic carbocycles. The molecule has 0 bridgehead atoms. The van der Waals surface area contributed by atoms with E-state index in [1.165, 1.54) is 5.56 Å². The molecular formula is C30H36N2O5S. The Morgan fingerprint density at radius 1 is 1.08 bits per heavy atom. The SMILES string of the molecule is CCCc1cc(-c2nc(OCC)c(C)s2)ccc1OCCCOc1ccc2c(c1)c(C)cn2[C@H](C)C(=O)O. The lowest BCUT2D eigenvalue weighted by atomic mass is 10.1. The first-order chi connectivity index (χ1) is 18.3. The van der Waals surface area contributed by atoms with Crippen LogP contribution in [0.3, 0.4) is 0 Å². The summed E-state index contributed by atoms with van der Waals surface area (Å²) in [6.07, 6.45) is 4.58. The average Bonchev–Trinajstić information content (AvgIpc) is 3.43. The normalized spacial score (nSPS) is 12.0. The number of carboxylic acids is 1. The van der Waals surface area contributed by atoms with Gasteiger partial charge < -0.3 is 23.9 Å². The second-order valence-corrected chi connectivity index (χ2v) is 10.6. The van der Waals surface area contributed by atoms with Crippen molar-refractivity contribution in [2.75, 3.05) is 19.8 Å². The van der Waals surface area contributed by atoms with Crippen molar-refractivity contribution in [3.8, 4) is 28.0 Å². The minimum absolute atomic E-state index is 0.524. The molecule has 2 aromatic heterocycles. The number of ether oxygens (including phenoxy) is 3. The van der Waals surface area contributed by atoms with Gasteiger partial charge in [0.05, 0.1) is 24.7 Å². The van der Waals surface area contributed by atoms with E-state index in [4.69, 9.17) is 14.2 Å². The van der Waals surface area contributed by atoms with Gasteiger partial charge in [0.15, 0.2) is 0 Å². The Morgan fingerprint density at radius 2 is 1.87 bits per heavy atom. The highest BCUT2D eigenvalue weighted by Gasteiger charge is 2.17. The molecule has 2 heterocycles. The maximum atomic E-state index is 11.4. The summed E-state index contributed by atoms with van der Waals surface area (Å²) < 4.78 is 19.6. The molecule has 0 amide bonds. The summed E-state index contributed by atoms with van der Waals surface area (Å²) in [7, 11) is 0. The summed E-state index contributed by atoms with van der Waals surface area (Å²) in [6.45, 7) is 11.5. The monoisotopic (exact) mass is 536 g/mol. The van der Waals surface area contributed by atoms with Crippen molar-refractivity contribution < 1.29 is 24.1 Å². The highest BCUT2D eigenvalue weighted by Crippen LogP contribution is 2.34. The summed E-state index contributed by atoms with van der Waals surface area (Å²) in [5.41, 5.74) is 4.18. The molecule has 0 radical (unpaired) electrons. The molecule has 4 rings (SSSR count). The lowest BCUT2D eigenvalue weighted by Gasteiger charge is -2.13. The molecule has 1 atom stereocenters. The minimum atomic E-state index is -0.854. The van der Waals surface area contributed by atoms with Crippen LogP contribution < -0.4 is 14.2 Å². The fourth-order valence-electron chi connectivity index (χ4n) is 4.46. The van der Waals surface area contributed by atoms with Crippen molar-refractivity contribution in [1.82, 2.24) is 9.55 Å². The molecule has 2 aromatic carbocycles. The van der Waals surface area contributed by atoms with Crippen molar-refractivity contribution in [3.05, 3.63) is 58.6 Å². The zero-order valence-corrected chi connectivity index (χ0v) is 23.6. The van der Waals surface area contributed by atoms with E-state index < -0.39 is 12.0 Å².